The van der Waals surface area contributed by atoms with E-state index in [0.717, 1.165) is 19.3 Å². The zero-order chi connectivity index (χ0) is 13.4. The lowest BCUT2D eigenvalue weighted by molar-refractivity contribution is -0.148. The fourth-order valence-corrected chi connectivity index (χ4v) is 2.06. The Morgan fingerprint density at radius 1 is 1.33 bits per heavy atom. The molecule has 6 heteroatoms. The van der Waals surface area contributed by atoms with Gasteiger partial charge in [0.15, 0.2) is 0 Å². The number of rotatable bonds is 5. The molecule has 0 aromatic heterocycles. The zero-order valence-electron chi connectivity index (χ0n) is 10.8. The quantitative estimate of drug-likeness (QED) is 0.400. The Morgan fingerprint density at radius 2 is 2.11 bits per heavy atom. The van der Waals surface area contributed by atoms with Gasteiger partial charge in [0.2, 0.25) is 6.41 Å². The lowest BCUT2D eigenvalue weighted by Crippen LogP contribution is -2.49. The van der Waals surface area contributed by atoms with Crippen LogP contribution in [0.1, 0.15) is 32.6 Å². The zero-order valence-corrected chi connectivity index (χ0v) is 10.8. The maximum atomic E-state index is 11.9. The van der Waals surface area contributed by atoms with Crippen molar-refractivity contribution in [1.82, 2.24) is 15.5 Å². The summed E-state index contributed by atoms with van der Waals surface area (Å²) in [6.45, 7) is 3.53. The van der Waals surface area contributed by atoms with Crippen LogP contribution >= 0.6 is 0 Å². The van der Waals surface area contributed by atoms with Gasteiger partial charge in [-0.1, -0.05) is 0 Å². The molecule has 2 N–H and O–H groups in total. The summed E-state index contributed by atoms with van der Waals surface area (Å²) in [5, 5.41) is 5.07. The minimum atomic E-state index is -0.546. The van der Waals surface area contributed by atoms with Crippen molar-refractivity contribution in [1.29, 1.82) is 0 Å². The van der Waals surface area contributed by atoms with Crippen molar-refractivity contribution in [3.63, 3.8) is 0 Å². The van der Waals surface area contributed by atoms with Crippen molar-refractivity contribution in [2.24, 2.45) is 0 Å². The molecule has 1 aliphatic heterocycles. The van der Waals surface area contributed by atoms with E-state index < -0.39 is 11.8 Å². The van der Waals surface area contributed by atoms with Crippen molar-refractivity contribution in [3.8, 4) is 0 Å². The molecule has 1 rings (SSSR count). The van der Waals surface area contributed by atoms with Crippen LogP contribution in [0.5, 0.6) is 0 Å². The maximum absolute atomic E-state index is 11.9. The predicted molar refractivity (Wildman–Crippen MR) is 66.7 cm³/mol. The molecule has 6 nitrogen and oxygen atoms in total. The van der Waals surface area contributed by atoms with Crippen LogP contribution in [0.3, 0.4) is 0 Å². The third kappa shape index (κ3) is 4.35. The van der Waals surface area contributed by atoms with Gasteiger partial charge in [0.1, 0.15) is 0 Å². The van der Waals surface area contributed by atoms with Gasteiger partial charge in [-0.15, -0.1) is 0 Å². The van der Waals surface area contributed by atoms with Crippen LogP contribution in [0.4, 0.5) is 0 Å². The SMILES string of the molecule is CC1CCCCN1C(=O)C(=O)NCCCNC=O. The van der Waals surface area contributed by atoms with E-state index in [9.17, 15) is 14.4 Å². The summed E-state index contributed by atoms with van der Waals surface area (Å²) < 4.78 is 0. The highest BCUT2D eigenvalue weighted by Gasteiger charge is 2.27. The van der Waals surface area contributed by atoms with Crippen molar-refractivity contribution in [2.75, 3.05) is 19.6 Å². The maximum Gasteiger partial charge on any atom is 0.312 e. The van der Waals surface area contributed by atoms with Crippen LogP contribution in [0, 0.1) is 0 Å². The molecular formula is C12H21N3O3. The fourth-order valence-electron chi connectivity index (χ4n) is 2.06. The molecule has 0 aromatic carbocycles. The third-order valence-electron chi connectivity index (χ3n) is 3.12. The summed E-state index contributed by atoms with van der Waals surface area (Å²) in [5.41, 5.74) is 0. The molecule has 0 spiro atoms. The van der Waals surface area contributed by atoms with Crippen LogP contribution < -0.4 is 10.6 Å². The van der Waals surface area contributed by atoms with E-state index in [2.05, 4.69) is 10.6 Å². The van der Waals surface area contributed by atoms with E-state index in [4.69, 9.17) is 0 Å². The standard InChI is InChI=1S/C12H21N3O3/c1-10-5-2-3-8-15(10)12(18)11(17)14-7-4-6-13-9-16/h9-10H,2-8H2,1H3,(H,13,16)(H,14,17). The number of hydrogen-bond acceptors (Lipinski definition) is 3. The Hall–Kier alpha value is -1.59. The van der Waals surface area contributed by atoms with Gasteiger partial charge < -0.3 is 15.5 Å². The molecule has 0 aliphatic carbocycles. The molecule has 102 valence electrons. The summed E-state index contributed by atoms with van der Waals surface area (Å²) in [4.78, 5) is 35.1. The molecule has 1 atom stereocenters. The first-order valence-electron chi connectivity index (χ1n) is 6.42. The number of hydrogen-bond donors (Lipinski definition) is 2. The Bertz CT molecular complexity index is 307. The van der Waals surface area contributed by atoms with E-state index in [1.165, 1.54) is 0 Å². The van der Waals surface area contributed by atoms with E-state index in [1.54, 1.807) is 4.90 Å². The molecule has 0 saturated carbocycles. The summed E-state index contributed by atoms with van der Waals surface area (Å²) in [5.74, 6) is -0.986. The molecule has 18 heavy (non-hydrogen) atoms. The predicted octanol–water partition coefficient (Wildman–Crippen LogP) is -0.360. The van der Waals surface area contributed by atoms with Crippen LogP contribution in [-0.2, 0) is 14.4 Å². The first-order valence-corrected chi connectivity index (χ1v) is 6.42. The van der Waals surface area contributed by atoms with Gasteiger partial charge in [-0.25, -0.2) is 0 Å². The average Bonchev–Trinajstić information content (AvgIpc) is 2.38. The summed E-state index contributed by atoms with van der Waals surface area (Å²) in [7, 11) is 0. The minimum absolute atomic E-state index is 0.147. The molecular weight excluding hydrogens is 234 g/mol. The summed E-state index contributed by atoms with van der Waals surface area (Å²) >= 11 is 0. The Morgan fingerprint density at radius 3 is 2.78 bits per heavy atom. The second-order valence-corrected chi connectivity index (χ2v) is 4.52. The second kappa shape index (κ2) is 7.68. The first-order chi connectivity index (χ1) is 8.66. The minimum Gasteiger partial charge on any atom is -0.359 e. The molecule has 0 aromatic rings. The average molecular weight is 255 g/mol. The monoisotopic (exact) mass is 255 g/mol. The number of carbonyl (C=O) groups is 3. The number of nitrogens with zero attached hydrogens (tertiary/aromatic N) is 1. The van der Waals surface area contributed by atoms with Crippen LogP contribution in [0.15, 0.2) is 0 Å². The topological polar surface area (TPSA) is 78.5 Å². The first kappa shape index (κ1) is 14.5. The van der Waals surface area contributed by atoms with Gasteiger partial charge in [-0.3, -0.25) is 14.4 Å². The third-order valence-corrected chi connectivity index (χ3v) is 3.12. The Labute approximate surface area is 107 Å². The van der Waals surface area contributed by atoms with Crippen molar-refractivity contribution in [3.05, 3.63) is 0 Å². The van der Waals surface area contributed by atoms with Gasteiger partial charge in [-0.2, -0.15) is 0 Å². The van der Waals surface area contributed by atoms with Gasteiger partial charge >= 0.3 is 11.8 Å². The van der Waals surface area contributed by atoms with Crippen LogP contribution in [-0.4, -0.2) is 48.8 Å². The number of piperidine rings is 1. The highest BCUT2D eigenvalue weighted by molar-refractivity contribution is 6.35. The normalized spacial score (nSPS) is 19.2. The van der Waals surface area contributed by atoms with E-state index in [-0.39, 0.29) is 6.04 Å². The smallest absolute Gasteiger partial charge is 0.312 e. The molecule has 1 unspecified atom stereocenters. The van der Waals surface area contributed by atoms with E-state index >= 15 is 0 Å². The molecule has 1 aliphatic rings. The summed E-state index contributed by atoms with van der Waals surface area (Å²) in [6.07, 6.45) is 4.27. The number of likely N-dealkylation sites (tertiary alicyclic amines) is 1. The molecule has 1 fully saturated rings. The summed E-state index contributed by atoms with van der Waals surface area (Å²) in [6, 6.07) is 0.147. The Balaban J connectivity index is 2.27. The van der Waals surface area contributed by atoms with Gasteiger partial charge in [0.25, 0.3) is 0 Å². The molecule has 1 saturated heterocycles. The Kier molecular flexibility index (Phi) is 6.18. The molecule has 0 bridgehead atoms. The van der Waals surface area contributed by atoms with Crippen LogP contribution in [0.25, 0.3) is 0 Å². The number of amides is 3. The fraction of sp³-hybridized carbons (Fsp3) is 0.750. The van der Waals surface area contributed by atoms with Crippen molar-refractivity contribution < 1.29 is 14.4 Å². The largest absolute Gasteiger partial charge is 0.359 e. The van der Waals surface area contributed by atoms with Crippen molar-refractivity contribution >= 4 is 18.2 Å². The highest BCUT2D eigenvalue weighted by atomic mass is 16.2. The lowest BCUT2D eigenvalue weighted by Gasteiger charge is -2.32. The number of nitrogens with one attached hydrogen (secondary N) is 2. The lowest BCUT2D eigenvalue weighted by atomic mass is 10.0. The molecule has 1 heterocycles. The highest BCUT2D eigenvalue weighted by Crippen LogP contribution is 2.16. The van der Waals surface area contributed by atoms with E-state index in [1.807, 2.05) is 6.92 Å². The molecule has 3 amide bonds. The number of carbonyl (C=O) groups excluding carboxylic acids is 3. The van der Waals surface area contributed by atoms with Crippen molar-refractivity contribution in [2.45, 2.75) is 38.6 Å². The van der Waals surface area contributed by atoms with E-state index in [0.29, 0.717) is 32.5 Å². The van der Waals surface area contributed by atoms with Gasteiger partial charge in [-0.05, 0) is 32.6 Å². The van der Waals surface area contributed by atoms with Gasteiger partial charge in [0.05, 0.1) is 0 Å². The molecule has 0 radical (unpaired) electrons. The van der Waals surface area contributed by atoms with Gasteiger partial charge in [0, 0.05) is 25.7 Å². The van der Waals surface area contributed by atoms with Crippen LogP contribution in [0.2, 0.25) is 0 Å². The second-order valence-electron chi connectivity index (χ2n) is 4.52.